The maximum atomic E-state index is 5.29. The van der Waals surface area contributed by atoms with Gasteiger partial charge in [-0.25, -0.2) is 15.0 Å². The van der Waals surface area contributed by atoms with Crippen LogP contribution < -0.4 is 9.80 Å². The summed E-state index contributed by atoms with van der Waals surface area (Å²) in [6, 6.07) is 32.4. The van der Waals surface area contributed by atoms with Crippen molar-refractivity contribution < 1.29 is 0 Å². The molecule has 0 aliphatic rings. The highest BCUT2D eigenvalue weighted by molar-refractivity contribution is 5.77. The van der Waals surface area contributed by atoms with Gasteiger partial charge in [0.25, 0.3) is 0 Å². The van der Waals surface area contributed by atoms with Crippen molar-refractivity contribution in [2.45, 2.75) is 79.1 Å². The Kier molecular flexibility index (Phi) is 10.7. The van der Waals surface area contributed by atoms with Crippen molar-refractivity contribution in [2.75, 3.05) is 9.80 Å². The lowest BCUT2D eigenvalue weighted by Gasteiger charge is -2.27. The SMILES string of the molecule is CCCc1ccc(N(c2ccc(CCC)cn2)c2cccc(N(c3ccc(CCC)cc3)c3ccc(CCC)cn3)n2)cc1. The number of rotatable bonds is 14. The lowest BCUT2D eigenvalue weighted by atomic mass is 10.1. The van der Waals surface area contributed by atoms with Gasteiger partial charge in [0, 0.05) is 23.8 Å². The van der Waals surface area contributed by atoms with E-state index in [0.717, 1.165) is 86.0 Å². The lowest BCUT2D eigenvalue weighted by molar-refractivity contribution is 0.911. The summed E-state index contributed by atoms with van der Waals surface area (Å²) in [5.74, 6) is 3.29. The molecule has 0 fully saturated rings. The minimum Gasteiger partial charge on any atom is -0.279 e. The standard InChI is InChI=1S/C39H45N5/c1-5-10-30-16-22-34(23-17-30)43(36-26-20-32(12-7-3)28-40-36)38-14-9-15-39(42-38)44(35-24-18-31(11-6-2)19-25-35)37-27-21-33(13-8-4)29-41-37/h9,14-29H,5-8,10-13H2,1-4H3. The first-order valence-corrected chi connectivity index (χ1v) is 16.3. The predicted octanol–water partition coefficient (Wildman–Crippen LogP) is 10.6. The highest BCUT2D eigenvalue weighted by Crippen LogP contribution is 2.37. The van der Waals surface area contributed by atoms with Gasteiger partial charge in [-0.15, -0.1) is 0 Å². The van der Waals surface area contributed by atoms with Gasteiger partial charge >= 0.3 is 0 Å². The Labute approximate surface area is 263 Å². The number of aromatic nitrogens is 3. The topological polar surface area (TPSA) is 45.2 Å². The molecule has 0 saturated heterocycles. The molecule has 0 atom stereocenters. The molecule has 3 aromatic heterocycles. The summed E-state index contributed by atoms with van der Waals surface area (Å²) in [6.07, 6.45) is 12.6. The van der Waals surface area contributed by atoms with Crippen LogP contribution in [0.2, 0.25) is 0 Å². The van der Waals surface area contributed by atoms with Gasteiger partial charge in [0.05, 0.1) is 0 Å². The second kappa shape index (κ2) is 15.3. The van der Waals surface area contributed by atoms with Crippen LogP contribution in [0.4, 0.5) is 34.6 Å². The zero-order valence-corrected chi connectivity index (χ0v) is 26.7. The first kappa shape index (κ1) is 30.9. The van der Waals surface area contributed by atoms with Crippen molar-refractivity contribution in [2.24, 2.45) is 0 Å². The quantitative estimate of drug-likeness (QED) is 0.130. The van der Waals surface area contributed by atoms with Gasteiger partial charge in [-0.05, 0) is 96.5 Å². The van der Waals surface area contributed by atoms with Crippen molar-refractivity contribution in [1.29, 1.82) is 0 Å². The van der Waals surface area contributed by atoms with Crippen LogP contribution in [-0.4, -0.2) is 15.0 Å². The van der Waals surface area contributed by atoms with E-state index in [1.165, 1.54) is 22.3 Å². The molecule has 0 N–H and O–H groups in total. The van der Waals surface area contributed by atoms with Crippen molar-refractivity contribution >= 4 is 34.6 Å². The molecule has 5 aromatic rings. The number of hydrogen-bond acceptors (Lipinski definition) is 5. The maximum absolute atomic E-state index is 5.29. The average molecular weight is 584 g/mol. The summed E-state index contributed by atoms with van der Waals surface area (Å²) in [4.78, 5) is 19.4. The molecule has 226 valence electrons. The van der Waals surface area contributed by atoms with E-state index in [0.29, 0.717) is 0 Å². The van der Waals surface area contributed by atoms with Gasteiger partial charge < -0.3 is 0 Å². The van der Waals surface area contributed by atoms with Crippen molar-refractivity contribution in [1.82, 2.24) is 15.0 Å². The molecule has 44 heavy (non-hydrogen) atoms. The van der Waals surface area contributed by atoms with Crippen molar-refractivity contribution in [3.05, 3.63) is 126 Å². The number of nitrogens with zero attached hydrogens (tertiary/aromatic N) is 5. The van der Waals surface area contributed by atoms with Crippen LogP contribution in [0.5, 0.6) is 0 Å². The van der Waals surface area contributed by atoms with Gasteiger partial charge in [-0.1, -0.05) is 95.8 Å². The van der Waals surface area contributed by atoms with Crippen molar-refractivity contribution in [3.63, 3.8) is 0 Å². The zero-order valence-electron chi connectivity index (χ0n) is 26.7. The summed E-state index contributed by atoms with van der Waals surface area (Å²) >= 11 is 0. The van der Waals surface area contributed by atoms with E-state index in [1.807, 2.05) is 12.4 Å². The summed E-state index contributed by atoms with van der Waals surface area (Å²) in [5, 5.41) is 0. The first-order chi connectivity index (χ1) is 21.6. The van der Waals surface area contributed by atoms with Crippen LogP contribution in [0.3, 0.4) is 0 Å². The second-order valence-electron chi connectivity index (χ2n) is 11.4. The third kappa shape index (κ3) is 7.52. The Morgan fingerprint density at radius 1 is 0.409 bits per heavy atom. The molecule has 0 radical (unpaired) electrons. The summed E-state index contributed by atoms with van der Waals surface area (Å²) in [6.45, 7) is 8.82. The van der Waals surface area contributed by atoms with Crippen LogP contribution in [-0.2, 0) is 25.7 Å². The van der Waals surface area contributed by atoms with Gasteiger partial charge in [-0.2, -0.15) is 0 Å². The van der Waals surface area contributed by atoms with Gasteiger partial charge in [-0.3, -0.25) is 9.80 Å². The van der Waals surface area contributed by atoms with Gasteiger partial charge in [0.1, 0.15) is 23.3 Å². The molecular weight excluding hydrogens is 538 g/mol. The Hall–Kier alpha value is -4.51. The average Bonchev–Trinajstić information content (AvgIpc) is 3.05. The van der Waals surface area contributed by atoms with Crippen LogP contribution >= 0.6 is 0 Å². The number of aryl methyl sites for hydroxylation is 4. The molecule has 3 heterocycles. The van der Waals surface area contributed by atoms with E-state index < -0.39 is 0 Å². The largest absolute Gasteiger partial charge is 0.279 e. The molecule has 0 aliphatic heterocycles. The van der Waals surface area contributed by atoms with Crippen molar-refractivity contribution in [3.8, 4) is 0 Å². The third-order valence-corrected chi connectivity index (χ3v) is 7.80. The monoisotopic (exact) mass is 583 g/mol. The molecule has 0 saturated carbocycles. The molecule has 5 heteroatoms. The van der Waals surface area contributed by atoms with Crippen LogP contribution in [0.15, 0.2) is 103 Å². The minimum atomic E-state index is 0.802. The first-order valence-electron chi connectivity index (χ1n) is 16.3. The molecule has 0 bridgehead atoms. The molecule has 0 aliphatic carbocycles. The van der Waals surface area contributed by atoms with Crippen LogP contribution in [0.25, 0.3) is 0 Å². The molecule has 2 aromatic carbocycles. The highest BCUT2D eigenvalue weighted by Gasteiger charge is 2.20. The third-order valence-electron chi connectivity index (χ3n) is 7.80. The predicted molar refractivity (Wildman–Crippen MR) is 185 cm³/mol. The summed E-state index contributed by atoms with van der Waals surface area (Å²) in [5.41, 5.74) is 7.21. The number of pyridine rings is 3. The van der Waals surface area contributed by atoms with Gasteiger partial charge in [0.2, 0.25) is 0 Å². The second-order valence-corrected chi connectivity index (χ2v) is 11.4. The van der Waals surface area contributed by atoms with E-state index in [1.54, 1.807) is 0 Å². The summed E-state index contributed by atoms with van der Waals surface area (Å²) in [7, 11) is 0. The molecule has 5 rings (SSSR count). The Morgan fingerprint density at radius 2 is 0.773 bits per heavy atom. The zero-order chi connectivity index (χ0) is 30.7. The number of benzene rings is 2. The molecular formula is C39H45N5. The fourth-order valence-corrected chi connectivity index (χ4v) is 5.60. The molecule has 0 amide bonds. The molecule has 5 nitrogen and oxygen atoms in total. The fraction of sp³-hybridized carbons (Fsp3) is 0.308. The highest BCUT2D eigenvalue weighted by atomic mass is 15.3. The number of anilines is 6. The van der Waals surface area contributed by atoms with E-state index >= 15 is 0 Å². The smallest absolute Gasteiger partial charge is 0.141 e. The summed E-state index contributed by atoms with van der Waals surface area (Å²) < 4.78 is 0. The van der Waals surface area contributed by atoms with E-state index in [-0.39, 0.29) is 0 Å². The van der Waals surface area contributed by atoms with E-state index in [4.69, 9.17) is 15.0 Å². The molecule has 0 unspecified atom stereocenters. The van der Waals surface area contributed by atoms with E-state index in [2.05, 4.69) is 128 Å². The van der Waals surface area contributed by atoms with Crippen LogP contribution in [0, 0.1) is 0 Å². The van der Waals surface area contributed by atoms with Crippen LogP contribution in [0.1, 0.15) is 75.6 Å². The normalized spacial score (nSPS) is 11.0. The minimum absolute atomic E-state index is 0.802. The Morgan fingerprint density at radius 3 is 1.11 bits per heavy atom. The fourth-order valence-electron chi connectivity index (χ4n) is 5.60. The Balaban J connectivity index is 1.60. The van der Waals surface area contributed by atoms with E-state index in [9.17, 15) is 0 Å². The molecule has 0 spiro atoms. The van der Waals surface area contributed by atoms with Gasteiger partial charge in [0.15, 0.2) is 0 Å². The lowest BCUT2D eigenvalue weighted by Crippen LogP contribution is -2.17. The maximum Gasteiger partial charge on any atom is 0.141 e. The Bertz CT molecular complexity index is 1360. The number of hydrogen-bond donors (Lipinski definition) is 0.